The first-order valence-corrected chi connectivity index (χ1v) is 7.29. The van der Waals surface area contributed by atoms with Crippen LogP contribution in [0.5, 0.6) is 0 Å². The Morgan fingerprint density at radius 2 is 2.00 bits per heavy atom. The van der Waals surface area contributed by atoms with Crippen LogP contribution in [0.3, 0.4) is 0 Å². The summed E-state index contributed by atoms with van der Waals surface area (Å²) in [4.78, 5) is 34.6. The molecule has 4 N–H and O–H groups in total. The second-order valence-corrected chi connectivity index (χ2v) is 5.95. The third-order valence-corrected chi connectivity index (χ3v) is 4.76. The third kappa shape index (κ3) is 3.34. The van der Waals surface area contributed by atoms with E-state index in [1.807, 2.05) is 0 Å². The monoisotopic (exact) mass is 298 g/mol. The summed E-state index contributed by atoms with van der Waals surface area (Å²) in [6, 6.07) is -1.26. The van der Waals surface area contributed by atoms with Gasteiger partial charge in [-0.3, -0.25) is 9.59 Å². The molecule has 2 aliphatic rings. The number of carboxylic acids is 1. The number of amides is 1. The van der Waals surface area contributed by atoms with Crippen molar-refractivity contribution in [1.29, 1.82) is 0 Å². The Bertz CT molecular complexity index is 437. The van der Waals surface area contributed by atoms with Crippen molar-refractivity contribution in [3.05, 3.63) is 0 Å². The zero-order valence-electron chi connectivity index (χ0n) is 12.1. The number of rotatable bonds is 6. The Hall–Kier alpha value is -1.63. The Morgan fingerprint density at radius 3 is 2.52 bits per heavy atom. The molecule has 7 nitrogen and oxygen atoms in total. The molecule has 2 fully saturated rings. The Kier molecular flexibility index (Phi) is 4.82. The predicted molar refractivity (Wildman–Crippen MR) is 73.1 cm³/mol. The van der Waals surface area contributed by atoms with Gasteiger partial charge in [-0.15, -0.1) is 0 Å². The molecule has 7 heteroatoms. The van der Waals surface area contributed by atoms with E-state index in [1.165, 1.54) is 7.11 Å². The van der Waals surface area contributed by atoms with Gasteiger partial charge in [0, 0.05) is 12.5 Å². The molecule has 2 bridgehead atoms. The maximum absolute atomic E-state index is 12.3. The van der Waals surface area contributed by atoms with Crippen LogP contribution in [-0.2, 0) is 19.1 Å². The van der Waals surface area contributed by atoms with Crippen LogP contribution in [0.1, 0.15) is 32.1 Å². The highest BCUT2D eigenvalue weighted by molar-refractivity contribution is 5.86. The van der Waals surface area contributed by atoms with Crippen LogP contribution in [0, 0.1) is 17.8 Å². The van der Waals surface area contributed by atoms with Gasteiger partial charge >= 0.3 is 11.9 Å². The topological polar surface area (TPSA) is 119 Å². The molecule has 0 radical (unpaired) electrons. The molecule has 5 atom stereocenters. The molecular weight excluding hydrogens is 276 g/mol. The highest BCUT2D eigenvalue weighted by Crippen LogP contribution is 2.47. The number of carbonyl (C=O) groups excluding carboxylic acids is 2. The molecule has 0 aromatic rings. The van der Waals surface area contributed by atoms with E-state index < -0.39 is 18.0 Å². The van der Waals surface area contributed by atoms with Gasteiger partial charge in [0.1, 0.15) is 6.04 Å². The van der Waals surface area contributed by atoms with Crippen LogP contribution in [0.25, 0.3) is 0 Å². The van der Waals surface area contributed by atoms with Gasteiger partial charge < -0.3 is 20.9 Å². The summed E-state index contributed by atoms with van der Waals surface area (Å²) < 4.78 is 4.48. The molecule has 0 spiro atoms. The summed E-state index contributed by atoms with van der Waals surface area (Å²) in [5.41, 5.74) is 6.08. The van der Waals surface area contributed by atoms with Gasteiger partial charge in [-0.05, 0) is 37.5 Å². The molecule has 0 heterocycles. The van der Waals surface area contributed by atoms with Gasteiger partial charge in [0.25, 0.3) is 0 Å². The Balaban J connectivity index is 1.92. The van der Waals surface area contributed by atoms with Crippen molar-refractivity contribution in [1.82, 2.24) is 5.32 Å². The summed E-state index contributed by atoms with van der Waals surface area (Å²) >= 11 is 0. The molecule has 0 saturated heterocycles. The summed E-state index contributed by atoms with van der Waals surface area (Å²) in [5.74, 6) is -1.60. The second kappa shape index (κ2) is 6.43. The van der Waals surface area contributed by atoms with Gasteiger partial charge in [0.15, 0.2) is 0 Å². The van der Waals surface area contributed by atoms with Crippen molar-refractivity contribution in [3.63, 3.8) is 0 Å². The lowest BCUT2D eigenvalue weighted by atomic mass is 9.84. The second-order valence-electron chi connectivity index (χ2n) is 5.95. The molecule has 118 valence electrons. The van der Waals surface area contributed by atoms with Crippen molar-refractivity contribution < 1.29 is 24.2 Å². The van der Waals surface area contributed by atoms with Gasteiger partial charge in [0.2, 0.25) is 5.91 Å². The molecule has 2 aliphatic carbocycles. The molecule has 0 aromatic carbocycles. The van der Waals surface area contributed by atoms with Crippen LogP contribution in [0.15, 0.2) is 0 Å². The first-order valence-electron chi connectivity index (χ1n) is 7.29. The first-order chi connectivity index (χ1) is 9.93. The average molecular weight is 298 g/mol. The standard InChI is InChI=1S/C14H22N2O5/c1-21-10(17)5-4-9(14(19)20)16-13(18)11-7-2-3-8(6-7)12(11)15/h7-9,11-12H,2-6,15H2,1H3,(H,16,18)(H,19,20)/t7?,8?,9-,11?,12?/m1/s1. The third-order valence-electron chi connectivity index (χ3n) is 4.76. The summed E-state index contributed by atoms with van der Waals surface area (Å²) in [5, 5.41) is 11.7. The Morgan fingerprint density at radius 1 is 1.33 bits per heavy atom. The van der Waals surface area contributed by atoms with Crippen molar-refractivity contribution in [2.75, 3.05) is 7.11 Å². The van der Waals surface area contributed by atoms with E-state index in [1.54, 1.807) is 0 Å². The molecule has 0 aromatic heterocycles. The molecule has 2 rings (SSSR count). The minimum Gasteiger partial charge on any atom is -0.480 e. The number of carboxylic acid groups (broad SMARTS) is 1. The minimum atomic E-state index is -1.15. The maximum atomic E-state index is 12.3. The zero-order chi connectivity index (χ0) is 15.6. The summed E-state index contributed by atoms with van der Waals surface area (Å²) in [7, 11) is 1.24. The molecule has 21 heavy (non-hydrogen) atoms. The number of fused-ring (bicyclic) bond motifs is 2. The quantitative estimate of drug-likeness (QED) is 0.588. The van der Waals surface area contributed by atoms with E-state index in [0.29, 0.717) is 5.92 Å². The van der Waals surface area contributed by atoms with Crippen molar-refractivity contribution in [2.45, 2.75) is 44.2 Å². The number of esters is 1. The minimum absolute atomic E-state index is 0.0177. The SMILES string of the molecule is COC(=O)CC[C@@H](NC(=O)C1C2CCC(C2)C1N)C(=O)O. The fourth-order valence-electron chi connectivity index (χ4n) is 3.61. The largest absolute Gasteiger partial charge is 0.480 e. The molecule has 1 amide bonds. The van der Waals surface area contributed by atoms with E-state index in [0.717, 1.165) is 19.3 Å². The maximum Gasteiger partial charge on any atom is 0.326 e. The lowest BCUT2D eigenvalue weighted by Crippen LogP contribution is -2.50. The number of methoxy groups -OCH3 is 1. The van der Waals surface area contributed by atoms with E-state index in [2.05, 4.69) is 10.1 Å². The number of nitrogens with one attached hydrogen (secondary N) is 1. The number of ether oxygens (including phenoxy) is 1. The fourth-order valence-corrected chi connectivity index (χ4v) is 3.61. The van der Waals surface area contributed by atoms with Gasteiger partial charge in [-0.1, -0.05) is 0 Å². The highest BCUT2D eigenvalue weighted by Gasteiger charge is 2.49. The van der Waals surface area contributed by atoms with Crippen LogP contribution < -0.4 is 11.1 Å². The van der Waals surface area contributed by atoms with Crippen LogP contribution in [-0.4, -0.2) is 42.1 Å². The smallest absolute Gasteiger partial charge is 0.326 e. The summed E-state index contributed by atoms with van der Waals surface area (Å²) in [6.45, 7) is 0. The van der Waals surface area contributed by atoms with Crippen LogP contribution in [0.2, 0.25) is 0 Å². The predicted octanol–water partition coefficient (Wildman–Crippen LogP) is -0.118. The molecular formula is C14H22N2O5. The number of aliphatic carboxylic acids is 1. The number of hydrogen-bond acceptors (Lipinski definition) is 5. The molecule has 4 unspecified atom stereocenters. The fraction of sp³-hybridized carbons (Fsp3) is 0.786. The average Bonchev–Trinajstić information content (AvgIpc) is 3.03. The molecule has 0 aliphatic heterocycles. The number of carbonyl (C=O) groups is 3. The summed E-state index contributed by atoms with van der Waals surface area (Å²) in [6.07, 6.45) is 2.97. The number of nitrogens with two attached hydrogens (primary N) is 1. The molecule has 2 saturated carbocycles. The van der Waals surface area contributed by atoms with Gasteiger partial charge in [-0.25, -0.2) is 4.79 Å². The highest BCUT2D eigenvalue weighted by atomic mass is 16.5. The Labute approximate surface area is 123 Å². The lowest BCUT2D eigenvalue weighted by molar-refractivity contribution is -0.145. The van der Waals surface area contributed by atoms with Crippen LogP contribution >= 0.6 is 0 Å². The van der Waals surface area contributed by atoms with Gasteiger partial charge in [0.05, 0.1) is 13.0 Å². The van der Waals surface area contributed by atoms with E-state index in [4.69, 9.17) is 10.8 Å². The van der Waals surface area contributed by atoms with E-state index in [9.17, 15) is 14.4 Å². The van der Waals surface area contributed by atoms with Crippen molar-refractivity contribution in [3.8, 4) is 0 Å². The van der Waals surface area contributed by atoms with E-state index in [-0.39, 0.29) is 36.6 Å². The normalized spacial score (nSPS) is 31.7. The van der Waals surface area contributed by atoms with E-state index >= 15 is 0 Å². The first kappa shape index (κ1) is 15.8. The lowest BCUT2D eigenvalue weighted by Gasteiger charge is -2.28. The zero-order valence-corrected chi connectivity index (χ0v) is 12.1. The van der Waals surface area contributed by atoms with Crippen molar-refractivity contribution >= 4 is 17.8 Å². The number of hydrogen-bond donors (Lipinski definition) is 3. The van der Waals surface area contributed by atoms with Gasteiger partial charge in [-0.2, -0.15) is 0 Å². The van der Waals surface area contributed by atoms with Crippen molar-refractivity contribution in [2.24, 2.45) is 23.5 Å². The van der Waals surface area contributed by atoms with Crippen LogP contribution in [0.4, 0.5) is 0 Å².